The summed E-state index contributed by atoms with van der Waals surface area (Å²) in [7, 11) is 1.65. The van der Waals surface area contributed by atoms with Crippen LogP contribution >= 0.6 is 0 Å². The molecule has 6 heteroatoms. The van der Waals surface area contributed by atoms with E-state index in [0.717, 1.165) is 29.0 Å². The van der Waals surface area contributed by atoms with Crippen LogP contribution in [-0.2, 0) is 17.8 Å². The predicted molar refractivity (Wildman–Crippen MR) is 81.3 cm³/mol. The zero-order valence-corrected chi connectivity index (χ0v) is 12.4. The van der Waals surface area contributed by atoms with E-state index in [-0.39, 0.29) is 11.9 Å². The van der Waals surface area contributed by atoms with Crippen LogP contribution in [0.2, 0.25) is 0 Å². The lowest BCUT2D eigenvalue weighted by atomic mass is 10.1. The van der Waals surface area contributed by atoms with E-state index in [1.54, 1.807) is 13.3 Å². The maximum Gasteiger partial charge on any atom is 0.241 e. The molecule has 0 spiro atoms. The first-order valence-electron chi connectivity index (χ1n) is 7.21. The number of rotatable bonds is 5. The number of benzene rings is 1. The first-order chi connectivity index (χ1) is 10.8. The largest absolute Gasteiger partial charge is 0.496 e. The lowest BCUT2D eigenvalue weighted by Gasteiger charge is -2.13. The fourth-order valence-electron chi connectivity index (χ4n) is 2.63. The lowest BCUT2D eigenvalue weighted by molar-refractivity contribution is -0.123. The van der Waals surface area contributed by atoms with E-state index in [9.17, 15) is 4.79 Å². The van der Waals surface area contributed by atoms with Gasteiger partial charge in [0, 0.05) is 24.8 Å². The number of para-hydroxylation sites is 1. The van der Waals surface area contributed by atoms with Crippen molar-refractivity contribution in [1.29, 1.82) is 0 Å². The number of ether oxygens (including phenoxy) is 1. The molecular formula is C16H18N4O2. The van der Waals surface area contributed by atoms with E-state index in [0.29, 0.717) is 13.1 Å². The van der Waals surface area contributed by atoms with Crippen molar-refractivity contribution < 1.29 is 9.53 Å². The van der Waals surface area contributed by atoms with Gasteiger partial charge in [-0.1, -0.05) is 18.2 Å². The molecule has 3 rings (SSSR count). The standard InChI is InChI=1S/C16H18N4O2/c1-22-14-5-3-2-4-11(14)6-7-18-16(21)15-12-8-17-10-20-13(12)9-19-15/h2-5,8,10,15,19H,6-7,9H2,1H3,(H,18,21). The van der Waals surface area contributed by atoms with Gasteiger partial charge in [-0.25, -0.2) is 9.97 Å². The zero-order valence-electron chi connectivity index (χ0n) is 12.4. The number of fused-ring (bicyclic) bond motifs is 1. The fraction of sp³-hybridized carbons (Fsp3) is 0.312. The molecule has 0 fully saturated rings. The van der Waals surface area contributed by atoms with Crippen LogP contribution in [0.1, 0.15) is 22.9 Å². The molecule has 114 valence electrons. The van der Waals surface area contributed by atoms with Crippen LogP contribution in [0.4, 0.5) is 0 Å². The third-order valence-electron chi connectivity index (χ3n) is 3.76. The maximum absolute atomic E-state index is 12.3. The van der Waals surface area contributed by atoms with E-state index in [1.165, 1.54) is 6.33 Å². The lowest BCUT2D eigenvalue weighted by Crippen LogP contribution is -2.35. The van der Waals surface area contributed by atoms with Crippen LogP contribution in [0.5, 0.6) is 5.75 Å². The summed E-state index contributed by atoms with van der Waals surface area (Å²) in [6, 6.07) is 7.45. The maximum atomic E-state index is 12.3. The number of nitrogens with one attached hydrogen (secondary N) is 2. The average molecular weight is 298 g/mol. The molecule has 0 radical (unpaired) electrons. The second-order valence-electron chi connectivity index (χ2n) is 5.09. The van der Waals surface area contributed by atoms with Crippen molar-refractivity contribution in [1.82, 2.24) is 20.6 Å². The molecule has 0 bridgehead atoms. The average Bonchev–Trinajstić information content (AvgIpc) is 2.99. The van der Waals surface area contributed by atoms with Gasteiger partial charge in [0.15, 0.2) is 0 Å². The van der Waals surface area contributed by atoms with Gasteiger partial charge >= 0.3 is 0 Å². The van der Waals surface area contributed by atoms with Crippen molar-refractivity contribution in [2.75, 3.05) is 13.7 Å². The first kappa shape index (κ1) is 14.5. The topological polar surface area (TPSA) is 76.1 Å². The predicted octanol–water partition coefficient (Wildman–Crippen LogP) is 0.988. The Morgan fingerprint density at radius 1 is 1.45 bits per heavy atom. The Morgan fingerprint density at radius 3 is 3.18 bits per heavy atom. The molecule has 2 aromatic rings. The SMILES string of the molecule is COc1ccccc1CCNC(=O)C1NCc2ncncc21. The highest BCUT2D eigenvalue weighted by molar-refractivity contribution is 5.84. The summed E-state index contributed by atoms with van der Waals surface area (Å²) in [4.78, 5) is 20.5. The van der Waals surface area contributed by atoms with Gasteiger partial charge in [-0.3, -0.25) is 10.1 Å². The number of hydrogen-bond donors (Lipinski definition) is 2. The molecule has 1 unspecified atom stereocenters. The van der Waals surface area contributed by atoms with Gasteiger partial charge in [-0.05, 0) is 18.1 Å². The second kappa shape index (κ2) is 6.53. The Balaban J connectivity index is 1.57. The van der Waals surface area contributed by atoms with Crippen LogP contribution in [0.15, 0.2) is 36.8 Å². The van der Waals surface area contributed by atoms with Crippen LogP contribution < -0.4 is 15.4 Å². The van der Waals surface area contributed by atoms with E-state index in [4.69, 9.17) is 4.74 Å². The molecule has 1 atom stereocenters. The van der Waals surface area contributed by atoms with Gasteiger partial charge < -0.3 is 10.1 Å². The monoisotopic (exact) mass is 298 g/mol. The highest BCUT2D eigenvalue weighted by Gasteiger charge is 2.28. The smallest absolute Gasteiger partial charge is 0.241 e. The number of carbonyl (C=O) groups is 1. The summed E-state index contributed by atoms with van der Waals surface area (Å²) in [6.45, 7) is 1.16. The van der Waals surface area contributed by atoms with Gasteiger partial charge in [0.25, 0.3) is 0 Å². The summed E-state index contributed by atoms with van der Waals surface area (Å²) in [5.41, 5.74) is 2.82. The van der Waals surface area contributed by atoms with Gasteiger partial charge in [0.1, 0.15) is 18.1 Å². The molecule has 22 heavy (non-hydrogen) atoms. The summed E-state index contributed by atoms with van der Waals surface area (Å²) < 4.78 is 5.31. The number of nitrogens with zero attached hydrogens (tertiary/aromatic N) is 2. The molecular weight excluding hydrogens is 280 g/mol. The van der Waals surface area contributed by atoms with Crippen molar-refractivity contribution in [3.05, 3.63) is 53.6 Å². The van der Waals surface area contributed by atoms with Crippen molar-refractivity contribution in [2.24, 2.45) is 0 Å². The highest BCUT2D eigenvalue weighted by Crippen LogP contribution is 2.22. The number of hydrogen-bond acceptors (Lipinski definition) is 5. The van der Waals surface area contributed by atoms with E-state index in [2.05, 4.69) is 20.6 Å². The Bertz CT molecular complexity index is 675. The molecule has 1 amide bonds. The van der Waals surface area contributed by atoms with Crippen molar-refractivity contribution in [3.63, 3.8) is 0 Å². The Morgan fingerprint density at radius 2 is 2.32 bits per heavy atom. The second-order valence-corrected chi connectivity index (χ2v) is 5.09. The van der Waals surface area contributed by atoms with E-state index >= 15 is 0 Å². The molecule has 1 aromatic carbocycles. The molecule has 1 aliphatic rings. The number of carbonyl (C=O) groups excluding carboxylic acids is 1. The summed E-state index contributed by atoms with van der Waals surface area (Å²) in [6.07, 6.45) is 3.93. The van der Waals surface area contributed by atoms with E-state index < -0.39 is 0 Å². The number of aromatic nitrogens is 2. The molecule has 1 aliphatic heterocycles. The van der Waals surface area contributed by atoms with Crippen molar-refractivity contribution in [3.8, 4) is 5.75 Å². The van der Waals surface area contributed by atoms with Gasteiger partial charge in [-0.15, -0.1) is 0 Å². The minimum atomic E-state index is -0.367. The first-order valence-corrected chi connectivity index (χ1v) is 7.21. The zero-order chi connectivity index (χ0) is 15.4. The van der Waals surface area contributed by atoms with Crippen molar-refractivity contribution in [2.45, 2.75) is 19.0 Å². The molecule has 2 N–H and O–H groups in total. The summed E-state index contributed by atoms with van der Waals surface area (Å²) >= 11 is 0. The van der Waals surface area contributed by atoms with Gasteiger partial charge in [0.2, 0.25) is 5.91 Å². The third kappa shape index (κ3) is 2.92. The fourth-order valence-corrected chi connectivity index (χ4v) is 2.63. The number of methoxy groups -OCH3 is 1. The van der Waals surface area contributed by atoms with E-state index in [1.807, 2.05) is 24.3 Å². The summed E-state index contributed by atoms with van der Waals surface area (Å²) in [5, 5.41) is 6.11. The van der Waals surface area contributed by atoms with Crippen LogP contribution in [0, 0.1) is 0 Å². The Hall–Kier alpha value is -2.47. The molecule has 1 aromatic heterocycles. The minimum absolute atomic E-state index is 0.0524. The minimum Gasteiger partial charge on any atom is -0.496 e. The molecule has 0 aliphatic carbocycles. The van der Waals surface area contributed by atoms with Gasteiger partial charge in [0.05, 0.1) is 12.8 Å². The molecule has 0 saturated carbocycles. The number of amides is 1. The van der Waals surface area contributed by atoms with Crippen LogP contribution in [0.3, 0.4) is 0 Å². The Kier molecular flexibility index (Phi) is 4.29. The third-order valence-corrected chi connectivity index (χ3v) is 3.76. The Labute approximate surface area is 128 Å². The summed E-state index contributed by atoms with van der Waals surface area (Å²) in [5.74, 6) is 0.790. The van der Waals surface area contributed by atoms with Crippen LogP contribution in [0.25, 0.3) is 0 Å². The van der Waals surface area contributed by atoms with Gasteiger partial charge in [-0.2, -0.15) is 0 Å². The quantitative estimate of drug-likeness (QED) is 0.861. The normalized spacial score (nSPS) is 16.1. The molecule has 0 saturated heterocycles. The molecule has 6 nitrogen and oxygen atoms in total. The highest BCUT2D eigenvalue weighted by atomic mass is 16.5. The van der Waals surface area contributed by atoms with Crippen LogP contribution in [-0.4, -0.2) is 29.5 Å². The molecule has 2 heterocycles. The van der Waals surface area contributed by atoms with Crippen molar-refractivity contribution >= 4 is 5.91 Å².